The molecule has 0 saturated carbocycles. The largest absolute Gasteiger partial charge is 0.397 e. The van der Waals surface area contributed by atoms with E-state index in [2.05, 4.69) is 38.3 Å². The second kappa shape index (κ2) is 5.95. The Kier molecular flexibility index (Phi) is 4.81. The van der Waals surface area contributed by atoms with Gasteiger partial charge < -0.3 is 16.4 Å². The standard InChI is InChI=1S/C15H25N3O/c1-10(2)15(3,4)9-18-13-8-11(14(19)17-5)6-7-12(13)16/h6-8,10,18H,9,16H2,1-5H3,(H,17,19). The number of hydrogen-bond donors (Lipinski definition) is 3. The summed E-state index contributed by atoms with van der Waals surface area (Å²) in [5, 5.41) is 5.96. The topological polar surface area (TPSA) is 67.2 Å². The van der Waals surface area contributed by atoms with Crippen LogP contribution < -0.4 is 16.4 Å². The predicted molar refractivity (Wildman–Crippen MR) is 81.4 cm³/mol. The summed E-state index contributed by atoms with van der Waals surface area (Å²) in [6.07, 6.45) is 0. The third kappa shape index (κ3) is 3.88. The van der Waals surface area contributed by atoms with Crippen LogP contribution >= 0.6 is 0 Å². The molecule has 0 radical (unpaired) electrons. The molecule has 1 aromatic carbocycles. The zero-order valence-corrected chi connectivity index (χ0v) is 12.5. The minimum Gasteiger partial charge on any atom is -0.397 e. The van der Waals surface area contributed by atoms with E-state index in [1.54, 1.807) is 25.2 Å². The molecule has 4 heteroatoms. The molecule has 0 aromatic heterocycles. The number of nitrogen functional groups attached to an aromatic ring is 1. The van der Waals surface area contributed by atoms with Gasteiger partial charge in [0.1, 0.15) is 0 Å². The van der Waals surface area contributed by atoms with Crippen LogP contribution in [-0.2, 0) is 0 Å². The molecule has 19 heavy (non-hydrogen) atoms. The Morgan fingerprint density at radius 1 is 1.37 bits per heavy atom. The van der Waals surface area contributed by atoms with Gasteiger partial charge in [0.2, 0.25) is 0 Å². The number of carbonyl (C=O) groups is 1. The third-order valence-corrected chi connectivity index (χ3v) is 3.84. The van der Waals surface area contributed by atoms with E-state index in [0.717, 1.165) is 12.2 Å². The average Bonchev–Trinajstić information content (AvgIpc) is 2.36. The highest BCUT2D eigenvalue weighted by Crippen LogP contribution is 2.28. The maximum absolute atomic E-state index is 11.6. The van der Waals surface area contributed by atoms with Crippen molar-refractivity contribution in [2.75, 3.05) is 24.6 Å². The van der Waals surface area contributed by atoms with E-state index in [9.17, 15) is 4.79 Å². The summed E-state index contributed by atoms with van der Waals surface area (Å²) in [6, 6.07) is 5.28. The smallest absolute Gasteiger partial charge is 0.251 e. The molecule has 0 aliphatic rings. The minimum atomic E-state index is -0.105. The lowest BCUT2D eigenvalue weighted by Gasteiger charge is -2.30. The first kappa shape index (κ1) is 15.3. The maximum Gasteiger partial charge on any atom is 0.251 e. The molecule has 0 saturated heterocycles. The summed E-state index contributed by atoms with van der Waals surface area (Å²) < 4.78 is 0. The molecular formula is C15H25N3O. The van der Waals surface area contributed by atoms with Crippen LogP contribution in [0.4, 0.5) is 11.4 Å². The Balaban J connectivity index is 2.86. The molecule has 4 nitrogen and oxygen atoms in total. The van der Waals surface area contributed by atoms with Gasteiger partial charge in [-0.05, 0) is 29.5 Å². The van der Waals surface area contributed by atoms with Crippen molar-refractivity contribution in [1.29, 1.82) is 0 Å². The third-order valence-electron chi connectivity index (χ3n) is 3.84. The van der Waals surface area contributed by atoms with Crippen molar-refractivity contribution in [2.24, 2.45) is 11.3 Å². The van der Waals surface area contributed by atoms with Gasteiger partial charge >= 0.3 is 0 Å². The van der Waals surface area contributed by atoms with Crippen LogP contribution in [0.2, 0.25) is 0 Å². The van der Waals surface area contributed by atoms with Gasteiger partial charge in [-0.25, -0.2) is 0 Å². The Morgan fingerprint density at radius 2 is 2.00 bits per heavy atom. The quantitative estimate of drug-likeness (QED) is 0.716. The minimum absolute atomic E-state index is 0.105. The van der Waals surface area contributed by atoms with Crippen molar-refractivity contribution in [3.8, 4) is 0 Å². The van der Waals surface area contributed by atoms with Crippen LogP contribution in [0.3, 0.4) is 0 Å². The Bertz CT molecular complexity index is 453. The van der Waals surface area contributed by atoms with Gasteiger partial charge in [-0.3, -0.25) is 4.79 Å². The first-order valence-electron chi connectivity index (χ1n) is 6.63. The fraction of sp³-hybridized carbons (Fsp3) is 0.533. The predicted octanol–water partition coefficient (Wildman–Crippen LogP) is 2.72. The second-order valence-electron chi connectivity index (χ2n) is 5.88. The molecule has 1 rings (SSSR count). The van der Waals surface area contributed by atoms with Crippen molar-refractivity contribution >= 4 is 17.3 Å². The molecule has 0 spiro atoms. The Hall–Kier alpha value is -1.71. The summed E-state index contributed by atoms with van der Waals surface area (Å²) in [5.41, 5.74) is 8.19. The average molecular weight is 263 g/mol. The maximum atomic E-state index is 11.6. The van der Waals surface area contributed by atoms with Gasteiger partial charge in [-0.1, -0.05) is 27.7 Å². The van der Waals surface area contributed by atoms with E-state index < -0.39 is 0 Å². The van der Waals surface area contributed by atoms with Gasteiger partial charge in [0.25, 0.3) is 5.91 Å². The van der Waals surface area contributed by atoms with Crippen LogP contribution in [0.1, 0.15) is 38.1 Å². The molecule has 1 amide bonds. The van der Waals surface area contributed by atoms with Gasteiger partial charge in [-0.15, -0.1) is 0 Å². The summed E-state index contributed by atoms with van der Waals surface area (Å²) in [6.45, 7) is 9.64. The second-order valence-corrected chi connectivity index (χ2v) is 5.88. The number of benzene rings is 1. The monoisotopic (exact) mass is 263 g/mol. The first-order chi connectivity index (χ1) is 8.77. The lowest BCUT2D eigenvalue weighted by atomic mass is 9.81. The fourth-order valence-corrected chi connectivity index (χ4v) is 1.52. The molecular weight excluding hydrogens is 238 g/mol. The van der Waals surface area contributed by atoms with Crippen LogP contribution in [-0.4, -0.2) is 19.5 Å². The molecule has 0 aliphatic heterocycles. The molecule has 0 bridgehead atoms. The highest BCUT2D eigenvalue weighted by molar-refractivity contribution is 5.96. The number of nitrogens with two attached hydrogens (primary N) is 1. The molecule has 106 valence electrons. The zero-order chi connectivity index (χ0) is 14.6. The molecule has 0 fully saturated rings. The number of carbonyl (C=O) groups excluding carboxylic acids is 1. The van der Waals surface area contributed by atoms with E-state index >= 15 is 0 Å². The van der Waals surface area contributed by atoms with Gasteiger partial charge in [0.05, 0.1) is 11.4 Å². The van der Waals surface area contributed by atoms with Crippen LogP contribution in [0.25, 0.3) is 0 Å². The van der Waals surface area contributed by atoms with Crippen LogP contribution in [0, 0.1) is 11.3 Å². The number of anilines is 2. The van der Waals surface area contributed by atoms with E-state index in [-0.39, 0.29) is 11.3 Å². The lowest BCUT2D eigenvalue weighted by Crippen LogP contribution is -2.29. The van der Waals surface area contributed by atoms with Gasteiger partial charge in [0.15, 0.2) is 0 Å². The van der Waals surface area contributed by atoms with Crippen molar-refractivity contribution in [3.05, 3.63) is 23.8 Å². The van der Waals surface area contributed by atoms with E-state index in [0.29, 0.717) is 17.2 Å². The molecule has 0 atom stereocenters. The Labute approximate surface area is 115 Å². The van der Waals surface area contributed by atoms with Crippen molar-refractivity contribution < 1.29 is 4.79 Å². The van der Waals surface area contributed by atoms with Gasteiger partial charge in [-0.2, -0.15) is 0 Å². The first-order valence-corrected chi connectivity index (χ1v) is 6.63. The lowest BCUT2D eigenvalue weighted by molar-refractivity contribution is 0.0963. The number of amides is 1. The van der Waals surface area contributed by atoms with Gasteiger partial charge in [0, 0.05) is 19.2 Å². The Morgan fingerprint density at radius 3 is 2.53 bits per heavy atom. The molecule has 4 N–H and O–H groups in total. The zero-order valence-electron chi connectivity index (χ0n) is 12.5. The normalized spacial score (nSPS) is 11.5. The molecule has 0 aliphatic carbocycles. The molecule has 0 unspecified atom stereocenters. The van der Waals surface area contributed by atoms with Crippen LogP contribution in [0.5, 0.6) is 0 Å². The van der Waals surface area contributed by atoms with Crippen LogP contribution in [0.15, 0.2) is 18.2 Å². The fourth-order valence-electron chi connectivity index (χ4n) is 1.52. The molecule has 0 heterocycles. The SMILES string of the molecule is CNC(=O)c1ccc(N)c(NCC(C)(C)C(C)C)c1. The molecule has 1 aromatic rings. The highest BCUT2D eigenvalue weighted by Gasteiger charge is 2.22. The van der Waals surface area contributed by atoms with Crippen molar-refractivity contribution in [1.82, 2.24) is 5.32 Å². The summed E-state index contributed by atoms with van der Waals surface area (Å²) in [5.74, 6) is 0.453. The summed E-state index contributed by atoms with van der Waals surface area (Å²) >= 11 is 0. The summed E-state index contributed by atoms with van der Waals surface area (Å²) in [7, 11) is 1.62. The highest BCUT2D eigenvalue weighted by atomic mass is 16.1. The van der Waals surface area contributed by atoms with E-state index in [4.69, 9.17) is 5.73 Å². The number of nitrogens with one attached hydrogen (secondary N) is 2. The van der Waals surface area contributed by atoms with Crippen molar-refractivity contribution in [3.63, 3.8) is 0 Å². The number of rotatable bonds is 5. The van der Waals surface area contributed by atoms with E-state index in [1.165, 1.54) is 0 Å². The number of hydrogen-bond acceptors (Lipinski definition) is 3. The summed E-state index contributed by atoms with van der Waals surface area (Å²) in [4.78, 5) is 11.6. The van der Waals surface area contributed by atoms with E-state index in [1.807, 2.05) is 0 Å². The van der Waals surface area contributed by atoms with Crippen molar-refractivity contribution in [2.45, 2.75) is 27.7 Å².